The van der Waals surface area contributed by atoms with E-state index in [1.54, 1.807) is 0 Å². The Labute approximate surface area is 147 Å². The van der Waals surface area contributed by atoms with Crippen molar-refractivity contribution in [1.82, 2.24) is 9.88 Å². The maximum Gasteiger partial charge on any atom is 0.253 e. The van der Waals surface area contributed by atoms with Crippen molar-refractivity contribution >= 4 is 5.91 Å². The van der Waals surface area contributed by atoms with Crippen molar-refractivity contribution in [2.75, 3.05) is 19.8 Å². The minimum atomic E-state index is 0.0500. The van der Waals surface area contributed by atoms with Gasteiger partial charge in [0.25, 0.3) is 5.91 Å². The van der Waals surface area contributed by atoms with E-state index in [0.29, 0.717) is 25.1 Å². The van der Waals surface area contributed by atoms with E-state index < -0.39 is 0 Å². The fourth-order valence-electron chi connectivity index (χ4n) is 3.70. The Morgan fingerprint density at radius 1 is 1.29 bits per heavy atom. The number of nitrogens with zero attached hydrogens (tertiary/aromatic N) is 1. The van der Waals surface area contributed by atoms with Gasteiger partial charge in [0.1, 0.15) is 0 Å². The van der Waals surface area contributed by atoms with Crippen LogP contribution in [0, 0.1) is 19.8 Å². The van der Waals surface area contributed by atoms with Crippen LogP contribution in [-0.4, -0.2) is 30.2 Å². The summed E-state index contributed by atoms with van der Waals surface area (Å²) in [5.41, 5.74) is 3.17. The third kappa shape index (κ3) is 5.10. The Kier molecular flexibility index (Phi) is 7.35. The second kappa shape index (κ2) is 9.26. The molecule has 1 heterocycles. The second-order valence-corrected chi connectivity index (χ2v) is 7.52. The van der Waals surface area contributed by atoms with Gasteiger partial charge in [-0.05, 0) is 45.1 Å². The smallest absolute Gasteiger partial charge is 0.253 e. The first-order chi connectivity index (χ1) is 11.5. The van der Waals surface area contributed by atoms with Gasteiger partial charge in [0.05, 0.1) is 5.56 Å². The highest BCUT2D eigenvalue weighted by molar-refractivity contribution is 5.95. The van der Waals surface area contributed by atoms with Gasteiger partial charge in [0, 0.05) is 37.2 Å². The summed E-state index contributed by atoms with van der Waals surface area (Å²) in [5, 5.41) is 3.04. The van der Waals surface area contributed by atoms with E-state index in [9.17, 15) is 4.79 Å². The van der Waals surface area contributed by atoms with Crippen LogP contribution in [0.4, 0.5) is 0 Å². The molecule has 4 nitrogen and oxygen atoms in total. The molecule has 0 aromatic carbocycles. The zero-order valence-electron chi connectivity index (χ0n) is 15.9. The van der Waals surface area contributed by atoms with E-state index in [4.69, 9.17) is 4.74 Å². The third-order valence-corrected chi connectivity index (χ3v) is 4.87. The number of hydrogen-bond acceptors (Lipinski definition) is 2. The molecule has 0 aliphatic heterocycles. The molecule has 0 bridgehead atoms. The SMILES string of the molecule is Cc1cc(C(=O)NCCCOCC(C)C)c(C)n1C1CCCCC1. The molecular weight excluding hydrogens is 300 g/mol. The standard InChI is InChI=1S/C20H34N2O2/c1-15(2)14-24-12-8-11-21-20(23)19-13-16(3)22(17(19)4)18-9-6-5-7-10-18/h13,15,18H,5-12,14H2,1-4H3,(H,21,23). The minimum Gasteiger partial charge on any atom is -0.381 e. The van der Waals surface area contributed by atoms with E-state index in [1.165, 1.54) is 37.8 Å². The lowest BCUT2D eigenvalue weighted by Gasteiger charge is -2.26. The number of amides is 1. The molecule has 2 rings (SSSR count). The number of aryl methyl sites for hydroxylation is 1. The first kappa shape index (κ1) is 19.0. The van der Waals surface area contributed by atoms with E-state index in [2.05, 4.69) is 43.6 Å². The summed E-state index contributed by atoms with van der Waals surface area (Å²) in [6.45, 7) is 10.7. The van der Waals surface area contributed by atoms with Crippen LogP contribution in [0.3, 0.4) is 0 Å². The molecule has 1 aromatic heterocycles. The van der Waals surface area contributed by atoms with Crippen LogP contribution in [0.15, 0.2) is 6.07 Å². The van der Waals surface area contributed by atoms with Crippen molar-refractivity contribution in [1.29, 1.82) is 0 Å². The number of hydrogen-bond donors (Lipinski definition) is 1. The van der Waals surface area contributed by atoms with Crippen LogP contribution in [0.1, 0.15) is 80.2 Å². The first-order valence-electron chi connectivity index (χ1n) is 9.55. The first-order valence-corrected chi connectivity index (χ1v) is 9.55. The summed E-state index contributed by atoms with van der Waals surface area (Å²) < 4.78 is 7.94. The zero-order valence-corrected chi connectivity index (χ0v) is 15.9. The van der Waals surface area contributed by atoms with Crippen molar-refractivity contribution in [2.45, 2.75) is 72.3 Å². The molecule has 0 unspecified atom stereocenters. The van der Waals surface area contributed by atoms with Crippen LogP contribution in [0.5, 0.6) is 0 Å². The molecule has 1 aromatic rings. The van der Waals surface area contributed by atoms with Gasteiger partial charge >= 0.3 is 0 Å². The van der Waals surface area contributed by atoms with Crippen LogP contribution in [0.25, 0.3) is 0 Å². The van der Waals surface area contributed by atoms with Crippen molar-refractivity contribution in [3.63, 3.8) is 0 Å². The van der Waals surface area contributed by atoms with Crippen LogP contribution in [0.2, 0.25) is 0 Å². The summed E-state index contributed by atoms with van der Waals surface area (Å²) >= 11 is 0. The van der Waals surface area contributed by atoms with Gasteiger partial charge in [-0.2, -0.15) is 0 Å². The van der Waals surface area contributed by atoms with E-state index in [1.807, 2.05) is 0 Å². The lowest BCUT2D eigenvalue weighted by molar-refractivity contribution is 0.0924. The molecule has 1 saturated carbocycles. The molecule has 4 heteroatoms. The summed E-state index contributed by atoms with van der Waals surface area (Å²) in [4.78, 5) is 12.5. The van der Waals surface area contributed by atoms with Crippen molar-refractivity contribution < 1.29 is 9.53 Å². The maximum atomic E-state index is 12.5. The summed E-state index contributed by atoms with van der Waals surface area (Å²) in [5.74, 6) is 0.610. The van der Waals surface area contributed by atoms with Crippen LogP contribution < -0.4 is 5.32 Å². The molecule has 1 amide bonds. The Morgan fingerprint density at radius 3 is 2.67 bits per heavy atom. The van der Waals surface area contributed by atoms with Crippen molar-refractivity contribution in [2.24, 2.45) is 5.92 Å². The maximum absolute atomic E-state index is 12.5. The number of aromatic nitrogens is 1. The lowest BCUT2D eigenvalue weighted by atomic mass is 9.95. The normalized spacial score (nSPS) is 15.9. The van der Waals surface area contributed by atoms with Gasteiger partial charge in [-0.3, -0.25) is 4.79 Å². The summed E-state index contributed by atoms with van der Waals surface area (Å²) in [6, 6.07) is 2.62. The van der Waals surface area contributed by atoms with Crippen LogP contribution >= 0.6 is 0 Å². The summed E-state index contributed by atoms with van der Waals surface area (Å²) in [6.07, 6.45) is 7.30. The van der Waals surface area contributed by atoms with E-state index in [-0.39, 0.29) is 5.91 Å². The topological polar surface area (TPSA) is 43.3 Å². The number of carbonyl (C=O) groups is 1. The Hall–Kier alpha value is -1.29. The minimum absolute atomic E-state index is 0.0500. The third-order valence-electron chi connectivity index (χ3n) is 4.87. The molecule has 0 atom stereocenters. The van der Waals surface area contributed by atoms with Crippen LogP contribution in [-0.2, 0) is 4.74 Å². The molecule has 136 valence electrons. The largest absolute Gasteiger partial charge is 0.381 e. The Morgan fingerprint density at radius 2 is 2.00 bits per heavy atom. The van der Waals surface area contributed by atoms with Crippen molar-refractivity contribution in [3.05, 3.63) is 23.0 Å². The monoisotopic (exact) mass is 334 g/mol. The molecule has 24 heavy (non-hydrogen) atoms. The van der Waals surface area contributed by atoms with E-state index >= 15 is 0 Å². The fraction of sp³-hybridized carbons (Fsp3) is 0.750. The molecular formula is C20H34N2O2. The number of carbonyl (C=O) groups excluding carboxylic acids is 1. The fourth-order valence-corrected chi connectivity index (χ4v) is 3.70. The molecule has 0 saturated heterocycles. The predicted octanol–water partition coefficient (Wildman–Crippen LogP) is 4.40. The second-order valence-electron chi connectivity index (χ2n) is 7.52. The molecule has 1 aliphatic rings. The molecule has 1 fully saturated rings. The number of rotatable bonds is 8. The van der Waals surface area contributed by atoms with Gasteiger partial charge in [-0.15, -0.1) is 0 Å². The number of ether oxygens (including phenoxy) is 1. The van der Waals surface area contributed by atoms with Crippen molar-refractivity contribution in [3.8, 4) is 0 Å². The molecule has 1 aliphatic carbocycles. The number of nitrogens with one attached hydrogen (secondary N) is 1. The van der Waals surface area contributed by atoms with E-state index in [0.717, 1.165) is 24.3 Å². The Balaban J connectivity index is 1.86. The highest BCUT2D eigenvalue weighted by atomic mass is 16.5. The molecule has 1 N–H and O–H groups in total. The zero-order chi connectivity index (χ0) is 17.5. The lowest BCUT2D eigenvalue weighted by Crippen LogP contribution is -2.26. The van der Waals surface area contributed by atoms with Gasteiger partial charge < -0.3 is 14.6 Å². The van der Waals surface area contributed by atoms with Gasteiger partial charge in [0.15, 0.2) is 0 Å². The average molecular weight is 335 g/mol. The summed E-state index contributed by atoms with van der Waals surface area (Å²) in [7, 11) is 0. The van der Waals surface area contributed by atoms with Gasteiger partial charge in [-0.1, -0.05) is 33.1 Å². The average Bonchev–Trinajstić information content (AvgIpc) is 2.86. The van der Waals surface area contributed by atoms with Gasteiger partial charge in [-0.25, -0.2) is 0 Å². The molecule has 0 spiro atoms. The Bertz CT molecular complexity index is 528. The highest BCUT2D eigenvalue weighted by Crippen LogP contribution is 2.32. The van der Waals surface area contributed by atoms with Gasteiger partial charge in [0.2, 0.25) is 0 Å². The highest BCUT2D eigenvalue weighted by Gasteiger charge is 2.22. The quantitative estimate of drug-likeness (QED) is 0.716. The molecule has 0 radical (unpaired) electrons. The predicted molar refractivity (Wildman–Crippen MR) is 98.6 cm³/mol.